The molecule has 190 valence electrons. The summed E-state index contributed by atoms with van der Waals surface area (Å²) in [5.74, 6) is 1.08. The average Bonchev–Trinajstić information content (AvgIpc) is 2.76. The van der Waals surface area contributed by atoms with Crippen molar-refractivity contribution in [3.05, 3.63) is 11.6 Å². The second-order valence-electron chi connectivity index (χ2n) is 15.1. The number of carbonyl (C=O) groups is 2. The van der Waals surface area contributed by atoms with Crippen LogP contribution in [0.2, 0.25) is 0 Å². The van der Waals surface area contributed by atoms with Crippen molar-refractivity contribution in [2.24, 2.45) is 56.2 Å². The van der Waals surface area contributed by atoms with Gasteiger partial charge in [-0.1, -0.05) is 60.1 Å². The second-order valence-corrected chi connectivity index (χ2v) is 15.1. The molecule has 0 radical (unpaired) electrons. The van der Waals surface area contributed by atoms with Crippen LogP contribution in [0.4, 0.5) is 0 Å². The van der Waals surface area contributed by atoms with Crippen LogP contribution in [0.5, 0.6) is 0 Å². The number of fused-ring (bicyclic) bond motifs is 7. The third-order valence-corrected chi connectivity index (χ3v) is 13.5. The van der Waals surface area contributed by atoms with Gasteiger partial charge in [0.05, 0.1) is 5.41 Å². The maximum Gasteiger partial charge on any atom is 0.310 e. The van der Waals surface area contributed by atoms with E-state index in [-0.39, 0.29) is 33.0 Å². The minimum atomic E-state index is -0.568. The molecule has 0 heterocycles. The van der Waals surface area contributed by atoms with Crippen LogP contribution in [0.25, 0.3) is 0 Å². The highest BCUT2D eigenvalue weighted by Crippen LogP contribution is 2.76. The van der Waals surface area contributed by atoms with Gasteiger partial charge in [0.2, 0.25) is 0 Å². The number of carbonyl (C=O) groups excluding carboxylic acids is 1. The van der Waals surface area contributed by atoms with E-state index in [1.165, 1.54) is 18.3 Å². The Morgan fingerprint density at radius 1 is 0.941 bits per heavy atom. The molecule has 0 bridgehead atoms. The zero-order chi connectivity index (χ0) is 24.9. The molecule has 5 aliphatic carbocycles. The van der Waals surface area contributed by atoms with Crippen molar-refractivity contribution in [3.63, 3.8) is 0 Å². The van der Waals surface area contributed by atoms with E-state index < -0.39 is 11.4 Å². The Bertz CT molecular complexity index is 933. The fourth-order valence-electron chi connectivity index (χ4n) is 10.7. The van der Waals surface area contributed by atoms with Gasteiger partial charge in [-0.3, -0.25) is 4.79 Å². The number of hydrogen-bond donors (Lipinski definition) is 1. The van der Waals surface area contributed by atoms with Gasteiger partial charge in [0.25, 0.3) is 0 Å². The summed E-state index contributed by atoms with van der Waals surface area (Å²) in [5, 5.41) is 10.5. The fraction of sp³-hybridized carbons (Fsp3) is 0.871. The monoisotopic (exact) mass is 468 g/mol. The van der Waals surface area contributed by atoms with E-state index in [0.717, 1.165) is 57.8 Å². The van der Waals surface area contributed by atoms with Gasteiger partial charge >= 0.3 is 5.97 Å². The molecular weight excluding hydrogens is 420 g/mol. The van der Waals surface area contributed by atoms with Crippen LogP contribution in [-0.4, -0.2) is 17.4 Å². The molecule has 0 aromatic carbocycles. The molecule has 0 aromatic rings. The highest BCUT2D eigenvalue weighted by Gasteiger charge is 2.69. The molecule has 0 spiro atoms. The van der Waals surface area contributed by atoms with Gasteiger partial charge in [-0.05, 0) is 110 Å². The zero-order valence-electron chi connectivity index (χ0n) is 22.8. The molecule has 0 aliphatic heterocycles. The summed E-state index contributed by atoms with van der Waals surface area (Å²) in [6.45, 7) is 16.8. The Hall–Kier alpha value is -1.12. The molecule has 4 unspecified atom stereocenters. The van der Waals surface area contributed by atoms with Gasteiger partial charge in [0, 0.05) is 5.41 Å². The number of rotatable bonds is 2. The zero-order valence-corrected chi connectivity index (χ0v) is 22.8. The van der Waals surface area contributed by atoms with Gasteiger partial charge in [-0.15, -0.1) is 0 Å². The maximum absolute atomic E-state index is 12.8. The third-order valence-electron chi connectivity index (χ3n) is 13.5. The van der Waals surface area contributed by atoms with Gasteiger partial charge < -0.3 is 9.90 Å². The average molecular weight is 469 g/mol. The smallest absolute Gasteiger partial charge is 0.310 e. The molecule has 4 fully saturated rings. The summed E-state index contributed by atoms with van der Waals surface area (Å²) in [5.41, 5.74) is 1.31. The molecule has 3 nitrogen and oxygen atoms in total. The van der Waals surface area contributed by atoms with Crippen LogP contribution in [0.1, 0.15) is 113 Å². The van der Waals surface area contributed by atoms with Crippen LogP contribution in [0.15, 0.2) is 11.6 Å². The molecule has 0 saturated heterocycles. The highest BCUT2D eigenvalue weighted by molar-refractivity contribution is 5.76. The summed E-state index contributed by atoms with van der Waals surface area (Å²) in [7, 11) is 0. The van der Waals surface area contributed by atoms with E-state index >= 15 is 0 Å². The Kier molecular flexibility index (Phi) is 5.22. The molecule has 5 rings (SSSR count). The van der Waals surface area contributed by atoms with Crippen molar-refractivity contribution >= 4 is 12.3 Å². The Morgan fingerprint density at radius 3 is 2.26 bits per heavy atom. The molecule has 9 atom stereocenters. The van der Waals surface area contributed by atoms with Gasteiger partial charge in [-0.2, -0.15) is 0 Å². The number of carboxylic acids is 1. The van der Waals surface area contributed by atoms with Gasteiger partial charge in [-0.25, -0.2) is 0 Å². The molecule has 5 aliphatic rings. The lowest BCUT2D eigenvalue weighted by molar-refractivity contribution is -0.195. The standard InChI is InChI=1S/C31H48O3/c1-20-10-12-27(4)23(28(20,5)19-32)11-13-30(7)24(27)9-8-21-22-18-26(2,3)14-16-31(22,25(33)34)17-15-29(21,30)6/h8,19-20,22-24H,9-18H2,1-7H3,(H,33,34)/t20-,22?,23+,24?,27?,28-,29+,30-,31?/m0/s1. The predicted octanol–water partition coefficient (Wildman–Crippen LogP) is 7.69. The number of aliphatic carboxylic acids is 1. The van der Waals surface area contributed by atoms with E-state index in [9.17, 15) is 14.7 Å². The second kappa shape index (κ2) is 7.22. The van der Waals surface area contributed by atoms with Crippen LogP contribution >= 0.6 is 0 Å². The lowest BCUT2D eigenvalue weighted by Crippen LogP contribution is -2.64. The molecule has 4 saturated carbocycles. The first-order valence-electron chi connectivity index (χ1n) is 14.1. The lowest BCUT2D eigenvalue weighted by atomic mass is 9.33. The van der Waals surface area contributed by atoms with Crippen LogP contribution < -0.4 is 0 Å². The molecule has 3 heteroatoms. The lowest BCUT2D eigenvalue weighted by Gasteiger charge is -2.71. The fourth-order valence-corrected chi connectivity index (χ4v) is 10.7. The summed E-state index contributed by atoms with van der Waals surface area (Å²) in [6.07, 6.45) is 14.2. The Labute approximate surface area is 207 Å². The maximum atomic E-state index is 12.8. The number of carboxylic acid groups (broad SMARTS) is 1. The van der Waals surface area contributed by atoms with E-state index in [0.29, 0.717) is 17.8 Å². The van der Waals surface area contributed by atoms with Crippen molar-refractivity contribution in [3.8, 4) is 0 Å². The molecule has 0 aromatic heterocycles. The third kappa shape index (κ3) is 2.82. The van der Waals surface area contributed by atoms with Crippen molar-refractivity contribution < 1.29 is 14.7 Å². The van der Waals surface area contributed by atoms with Crippen LogP contribution in [-0.2, 0) is 9.59 Å². The molecular formula is C31H48O3. The largest absolute Gasteiger partial charge is 0.481 e. The molecule has 34 heavy (non-hydrogen) atoms. The van der Waals surface area contributed by atoms with Crippen molar-refractivity contribution in [1.29, 1.82) is 0 Å². The number of aldehydes is 1. The quantitative estimate of drug-likeness (QED) is 0.334. The minimum absolute atomic E-state index is 0.0571. The van der Waals surface area contributed by atoms with Crippen LogP contribution in [0, 0.1) is 56.2 Å². The summed E-state index contributed by atoms with van der Waals surface area (Å²) in [6, 6.07) is 0. The first kappa shape index (κ1) is 24.6. The predicted molar refractivity (Wildman–Crippen MR) is 136 cm³/mol. The van der Waals surface area contributed by atoms with E-state index in [1.54, 1.807) is 0 Å². The van der Waals surface area contributed by atoms with Crippen molar-refractivity contribution in [2.45, 2.75) is 113 Å². The molecule has 0 amide bonds. The highest BCUT2D eigenvalue weighted by atomic mass is 16.4. The number of allylic oxidation sites excluding steroid dienone is 2. The summed E-state index contributed by atoms with van der Waals surface area (Å²) in [4.78, 5) is 25.2. The van der Waals surface area contributed by atoms with Crippen molar-refractivity contribution in [1.82, 2.24) is 0 Å². The topological polar surface area (TPSA) is 54.4 Å². The normalized spacial score (nSPS) is 53.9. The molecule has 1 N–H and O–H groups in total. The summed E-state index contributed by atoms with van der Waals surface area (Å²) < 4.78 is 0. The van der Waals surface area contributed by atoms with E-state index in [2.05, 4.69) is 54.5 Å². The van der Waals surface area contributed by atoms with Crippen molar-refractivity contribution in [2.75, 3.05) is 0 Å². The SMILES string of the molecule is C[C@H]1CCC2(C)C3CC=C4C5CC(C)(C)CCC5(C(=O)O)CC[C@@]4(C)[C@@]3(C)CC[C@H]2[C@@]1(C)C=O. The minimum Gasteiger partial charge on any atom is -0.481 e. The van der Waals surface area contributed by atoms with Gasteiger partial charge in [0.15, 0.2) is 0 Å². The van der Waals surface area contributed by atoms with E-state index in [1.807, 2.05) is 0 Å². The first-order valence-corrected chi connectivity index (χ1v) is 14.1. The van der Waals surface area contributed by atoms with E-state index in [4.69, 9.17) is 0 Å². The first-order chi connectivity index (χ1) is 15.7. The Balaban J connectivity index is 1.60. The van der Waals surface area contributed by atoms with Gasteiger partial charge in [0.1, 0.15) is 6.29 Å². The summed E-state index contributed by atoms with van der Waals surface area (Å²) >= 11 is 0. The Morgan fingerprint density at radius 2 is 1.62 bits per heavy atom. The number of hydrogen-bond acceptors (Lipinski definition) is 2. The van der Waals surface area contributed by atoms with Crippen LogP contribution in [0.3, 0.4) is 0 Å².